The van der Waals surface area contributed by atoms with Gasteiger partial charge >= 0.3 is 5.97 Å². The van der Waals surface area contributed by atoms with Crippen LogP contribution < -0.4 is 5.32 Å². The highest BCUT2D eigenvalue weighted by atomic mass is 32.1. The Balaban J connectivity index is 1.23. The van der Waals surface area contributed by atoms with Gasteiger partial charge in [0.15, 0.2) is 5.78 Å². The minimum absolute atomic E-state index is 0.0128. The van der Waals surface area contributed by atoms with E-state index >= 15 is 0 Å². The summed E-state index contributed by atoms with van der Waals surface area (Å²) in [6.45, 7) is 9.11. The fourth-order valence-electron chi connectivity index (χ4n) is 11.2. The molecule has 4 fully saturated rings. The molecule has 0 aromatic heterocycles. The van der Waals surface area contributed by atoms with Crippen molar-refractivity contribution in [2.45, 2.75) is 72.8 Å². The number of benzene rings is 2. The first-order chi connectivity index (χ1) is 22.3. The van der Waals surface area contributed by atoms with Crippen LogP contribution in [0.1, 0.15) is 82.1 Å². The molecule has 2 bridgehead atoms. The minimum Gasteiger partial charge on any atom is -0.478 e. The molecule has 6 aliphatic rings. The highest BCUT2D eigenvalue weighted by molar-refractivity contribution is 7.82. The van der Waals surface area contributed by atoms with Gasteiger partial charge in [0.05, 0.1) is 29.6 Å². The maximum absolute atomic E-state index is 14.5. The van der Waals surface area contributed by atoms with Crippen molar-refractivity contribution in [1.29, 1.82) is 0 Å². The number of Topliss-reactive ketones (excluding diaryl/α,β-unsaturated/α-hetero) is 1. The molecule has 1 saturated heterocycles. The Bertz CT molecular complexity index is 1720. The van der Waals surface area contributed by atoms with Gasteiger partial charge in [0.25, 0.3) is 0 Å². The van der Waals surface area contributed by atoms with E-state index < -0.39 is 16.8 Å². The van der Waals surface area contributed by atoms with Gasteiger partial charge in [-0.2, -0.15) is 0 Å². The molecule has 5 aliphatic carbocycles. The van der Waals surface area contributed by atoms with Gasteiger partial charge in [-0.15, -0.1) is 0 Å². The van der Waals surface area contributed by atoms with Gasteiger partial charge in [0, 0.05) is 10.8 Å². The highest BCUT2D eigenvalue weighted by Crippen LogP contribution is 2.74. The molecule has 1 heterocycles. The van der Waals surface area contributed by atoms with Gasteiger partial charge in [-0.05, 0) is 78.9 Å². The smallest absolute Gasteiger partial charge is 0.337 e. The van der Waals surface area contributed by atoms with Crippen molar-refractivity contribution >= 4 is 46.5 Å². The number of hydrogen-bond acceptors (Lipinski definition) is 5. The Morgan fingerprint density at radius 3 is 2.38 bits per heavy atom. The van der Waals surface area contributed by atoms with Crippen LogP contribution in [0, 0.1) is 51.8 Å². The average Bonchev–Trinajstić information content (AvgIpc) is 3.31. The maximum atomic E-state index is 14.5. The standard InChI is InChI=1S/C39H44N2O5S/c1-22(2)26-20-39-18-15-28-37(3,16-10-17-38(28,4)32(42)33(47)40-27-14-9-8-13-24(27)36(45)46)29(39)19-25(26)30-31(39)35(44)41(34(30)43)21-23-11-6-5-7-12-23/h5-9,11-14,20,22,25,28-31H,10,15-19,21H2,1-4H3,(H,40,47)(H,45,46)/t25-,28+,29+,30+,31-,37-,38+,39-/m0/s1. The number of nitrogens with zero attached hydrogens (tertiary/aromatic N) is 1. The van der Waals surface area contributed by atoms with Crippen LogP contribution >= 0.6 is 12.2 Å². The molecule has 8 atom stereocenters. The number of thiocarbonyl (C=S) groups is 1. The van der Waals surface area contributed by atoms with E-state index in [9.17, 15) is 24.3 Å². The molecule has 8 heteroatoms. The third-order valence-corrected chi connectivity index (χ3v) is 13.4. The number of anilines is 1. The van der Waals surface area contributed by atoms with Crippen LogP contribution in [-0.2, 0) is 20.9 Å². The molecule has 2 amide bonds. The summed E-state index contributed by atoms with van der Waals surface area (Å²) in [5.74, 6) is -1.47. The molecule has 1 spiro atoms. The van der Waals surface area contributed by atoms with Crippen molar-refractivity contribution in [3.05, 3.63) is 77.4 Å². The Labute approximate surface area is 282 Å². The largest absolute Gasteiger partial charge is 0.478 e. The number of aromatic carboxylic acids is 1. The number of likely N-dealkylation sites (tertiary alicyclic amines) is 1. The van der Waals surface area contributed by atoms with Crippen LogP contribution in [0.15, 0.2) is 66.2 Å². The van der Waals surface area contributed by atoms with E-state index in [1.165, 1.54) is 11.6 Å². The van der Waals surface area contributed by atoms with Crippen LogP contribution in [-0.4, -0.2) is 38.6 Å². The van der Waals surface area contributed by atoms with E-state index in [-0.39, 0.29) is 69.1 Å². The maximum Gasteiger partial charge on any atom is 0.337 e. The molecule has 1 aliphatic heterocycles. The second-order valence-corrected chi connectivity index (χ2v) is 16.0. The number of fused-ring (bicyclic) bond motifs is 1. The molecule has 7 nitrogen and oxygen atoms in total. The molecular formula is C39H44N2O5S. The third kappa shape index (κ3) is 4.61. The number of para-hydroxylation sites is 1. The lowest BCUT2D eigenvalue weighted by atomic mass is 9.34. The minimum atomic E-state index is -1.08. The fourth-order valence-corrected chi connectivity index (χ4v) is 11.5. The number of carboxylic acid groups (broad SMARTS) is 1. The van der Waals surface area contributed by atoms with Gasteiger partial charge < -0.3 is 10.4 Å². The number of imide groups is 1. The number of carbonyl (C=O) groups excluding carboxylic acids is 3. The zero-order chi connectivity index (χ0) is 33.5. The Morgan fingerprint density at radius 1 is 0.979 bits per heavy atom. The Morgan fingerprint density at radius 2 is 1.68 bits per heavy atom. The van der Waals surface area contributed by atoms with Crippen molar-refractivity contribution in [3.8, 4) is 0 Å². The van der Waals surface area contributed by atoms with E-state index in [0.717, 1.165) is 37.7 Å². The van der Waals surface area contributed by atoms with Crippen molar-refractivity contribution in [3.63, 3.8) is 0 Å². The summed E-state index contributed by atoms with van der Waals surface area (Å²) < 4.78 is 0. The zero-order valence-electron chi connectivity index (χ0n) is 27.6. The zero-order valence-corrected chi connectivity index (χ0v) is 28.4. The number of hydrogen-bond donors (Lipinski definition) is 2. The van der Waals surface area contributed by atoms with Gasteiger partial charge in [-0.1, -0.05) is 100 Å². The summed E-state index contributed by atoms with van der Waals surface area (Å²) in [5, 5.41) is 12.7. The van der Waals surface area contributed by atoms with E-state index in [1.807, 2.05) is 30.3 Å². The quantitative estimate of drug-likeness (QED) is 0.184. The molecule has 0 unspecified atom stereocenters. The summed E-state index contributed by atoms with van der Waals surface area (Å²) in [4.78, 5) is 56.5. The first kappa shape index (κ1) is 31.9. The van der Waals surface area contributed by atoms with Crippen LogP contribution in [0.2, 0.25) is 0 Å². The van der Waals surface area contributed by atoms with Gasteiger partial charge in [-0.25, -0.2) is 4.79 Å². The summed E-state index contributed by atoms with van der Waals surface area (Å²) in [6.07, 6.45) is 7.35. The topological polar surface area (TPSA) is 104 Å². The summed E-state index contributed by atoms with van der Waals surface area (Å²) in [7, 11) is 0. The summed E-state index contributed by atoms with van der Waals surface area (Å²) in [6, 6.07) is 16.3. The van der Waals surface area contributed by atoms with E-state index in [0.29, 0.717) is 18.7 Å². The number of nitrogens with one attached hydrogen (secondary N) is 1. The molecule has 2 aromatic carbocycles. The van der Waals surface area contributed by atoms with Crippen LogP contribution in [0.25, 0.3) is 0 Å². The molecule has 8 rings (SSSR count). The van der Waals surface area contributed by atoms with E-state index in [4.69, 9.17) is 12.2 Å². The third-order valence-electron chi connectivity index (χ3n) is 13.1. The van der Waals surface area contributed by atoms with E-state index in [1.54, 1.807) is 23.1 Å². The van der Waals surface area contributed by atoms with E-state index in [2.05, 4.69) is 39.1 Å². The number of amides is 2. The normalized spacial score (nSPS) is 35.6. The lowest BCUT2D eigenvalue weighted by Gasteiger charge is -2.68. The van der Waals surface area contributed by atoms with Crippen molar-refractivity contribution < 1.29 is 24.3 Å². The number of carboxylic acids is 1. The van der Waals surface area contributed by atoms with Crippen molar-refractivity contribution in [1.82, 2.24) is 4.90 Å². The molecule has 2 aromatic rings. The highest BCUT2D eigenvalue weighted by Gasteiger charge is 2.73. The van der Waals surface area contributed by atoms with Crippen molar-refractivity contribution in [2.24, 2.45) is 51.8 Å². The first-order valence-corrected chi connectivity index (χ1v) is 17.5. The van der Waals surface area contributed by atoms with Crippen LogP contribution in [0.5, 0.6) is 0 Å². The Hall–Kier alpha value is -3.65. The number of rotatable bonds is 7. The molecule has 47 heavy (non-hydrogen) atoms. The molecular weight excluding hydrogens is 609 g/mol. The van der Waals surface area contributed by atoms with Crippen molar-refractivity contribution in [2.75, 3.05) is 5.32 Å². The van der Waals surface area contributed by atoms with Crippen LogP contribution in [0.3, 0.4) is 0 Å². The second kappa shape index (κ2) is 11.2. The van der Waals surface area contributed by atoms with Gasteiger partial charge in [0.1, 0.15) is 4.99 Å². The van der Waals surface area contributed by atoms with Crippen LogP contribution in [0.4, 0.5) is 5.69 Å². The SMILES string of the molecule is CC(C)C1=C[C@@]23CC[C@@H]4[C@](C)(CCC[C@@]4(C)C(=O)C(=S)Nc4ccccc4C(=O)O)[C@H]2C[C@@H]1[C@H]1C(=O)N(Cc2ccccc2)C(=O)[C@H]13. The molecule has 2 N–H and O–H groups in total. The lowest BCUT2D eigenvalue weighted by Crippen LogP contribution is -2.65. The predicted octanol–water partition coefficient (Wildman–Crippen LogP) is 7.32. The number of carbonyl (C=O) groups is 4. The second-order valence-electron chi connectivity index (χ2n) is 15.6. The number of allylic oxidation sites excluding steroid dienone is 2. The molecule has 0 radical (unpaired) electrons. The van der Waals surface area contributed by atoms with Gasteiger partial charge in [-0.3, -0.25) is 19.3 Å². The fraction of sp³-hybridized carbons (Fsp3) is 0.513. The molecule has 246 valence electrons. The number of ketones is 1. The Kier molecular flexibility index (Phi) is 7.62. The first-order valence-electron chi connectivity index (χ1n) is 17.1. The predicted molar refractivity (Wildman–Crippen MR) is 183 cm³/mol. The molecule has 3 saturated carbocycles. The lowest BCUT2D eigenvalue weighted by molar-refractivity contribution is -0.184. The summed E-state index contributed by atoms with van der Waals surface area (Å²) in [5.41, 5.74) is 1.28. The van der Waals surface area contributed by atoms with Gasteiger partial charge in [0.2, 0.25) is 11.8 Å². The monoisotopic (exact) mass is 652 g/mol. The average molecular weight is 653 g/mol. The summed E-state index contributed by atoms with van der Waals surface area (Å²) >= 11 is 5.70.